The standard InChI is InChI=1S/C20H17BrN4O2S/c21-15-3-1-2-4-17(15)25-11-14(9-19(25)26)20(27)23-10-18-24-16(12-28-18)13-5-7-22-8-6-13/h1-8,12,14H,9-11H2,(H,23,27). The highest BCUT2D eigenvalue weighted by Gasteiger charge is 2.35. The van der Waals surface area contributed by atoms with E-state index in [1.165, 1.54) is 11.3 Å². The maximum absolute atomic E-state index is 12.6. The Morgan fingerprint density at radius 3 is 2.82 bits per heavy atom. The molecule has 0 spiro atoms. The van der Waals surface area contributed by atoms with Gasteiger partial charge in [-0.15, -0.1) is 11.3 Å². The van der Waals surface area contributed by atoms with Crippen molar-refractivity contribution >= 4 is 44.8 Å². The van der Waals surface area contributed by atoms with Gasteiger partial charge in [-0.3, -0.25) is 14.6 Å². The first kappa shape index (κ1) is 18.8. The van der Waals surface area contributed by atoms with Crippen LogP contribution in [0.1, 0.15) is 11.4 Å². The number of nitrogens with one attached hydrogen (secondary N) is 1. The van der Waals surface area contributed by atoms with Crippen molar-refractivity contribution in [3.05, 3.63) is 63.7 Å². The van der Waals surface area contributed by atoms with Crippen LogP contribution < -0.4 is 10.2 Å². The minimum absolute atomic E-state index is 0.0405. The normalized spacial score (nSPS) is 16.4. The lowest BCUT2D eigenvalue weighted by molar-refractivity contribution is -0.126. The van der Waals surface area contributed by atoms with Crippen molar-refractivity contribution in [2.75, 3.05) is 11.4 Å². The molecule has 3 aromatic rings. The predicted molar refractivity (Wildman–Crippen MR) is 112 cm³/mol. The smallest absolute Gasteiger partial charge is 0.227 e. The average Bonchev–Trinajstić information content (AvgIpc) is 3.34. The van der Waals surface area contributed by atoms with Crippen molar-refractivity contribution in [3.8, 4) is 11.3 Å². The highest BCUT2D eigenvalue weighted by Crippen LogP contribution is 2.31. The fraction of sp³-hybridized carbons (Fsp3) is 0.200. The second kappa shape index (κ2) is 8.20. The molecule has 0 aliphatic carbocycles. The summed E-state index contributed by atoms with van der Waals surface area (Å²) in [6.45, 7) is 0.738. The number of thiazole rings is 1. The van der Waals surface area contributed by atoms with Crippen LogP contribution in [0, 0.1) is 5.92 Å². The molecule has 2 amide bonds. The summed E-state index contributed by atoms with van der Waals surface area (Å²) < 4.78 is 0.843. The van der Waals surface area contributed by atoms with E-state index in [-0.39, 0.29) is 24.2 Å². The topological polar surface area (TPSA) is 75.2 Å². The van der Waals surface area contributed by atoms with E-state index >= 15 is 0 Å². The first-order valence-electron chi connectivity index (χ1n) is 8.79. The number of aromatic nitrogens is 2. The second-order valence-corrected chi connectivity index (χ2v) is 8.23. The van der Waals surface area contributed by atoms with Crippen LogP contribution in [0.2, 0.25) is 0 Å². The zero-order chi connectivity index (χ0) is 19.5. The Hall–Kier alpha value is -2.58. The first-order chi connectivity index (χ1) is 13.6. The van der Waals surface area contributed by atoms with Gasteiger partial charge in [0.25, 0.3) is 0 Å². The van der Waals surface area contributed by atoms with Crippen molar-refractivity contribution < 1.29 is 9.59 Å². The molecule has 1 N–H and O–H groups in total. The zero-order valence-corrected chi connectivity index (χ0v) is 17.2. The molecule has 0 saturated carbocycles. The van der Waals surface area contributed by atoms with Crippen molar-refractivity contribution in [3.63, 3.8) is 0 Å². The highest BCUT2D eigenvalue weighted by molar-refractivity contribution is 9.10. The predicted octanol–water partition coefficient (Wildman–Crippen LogP) is 3.64. The minimum atomic E-state index is -0.362. The lowest BCUT2D eigenvalue weighted by atomic mass is 10.1. The Bertz CT molecular complexity index is 1010. The van der Waals surface area contributed by atoms with Gasteiger partial charge >= 0.3 is 0 Å². The monoisotopic (exact) mass is 456 g/mol. The summed E-state index contributed by atoms with van der Waals surface area (Å²) in [5.41, 5.74) is 2.66. The van der Waals surface area contributed by atoms with Gasteiger partial charge < -0.3 is 10.2 Å². The molecule has 8 heteroatoms. The van der Waals surface area contributed by atoms with Crippen LogP contribution >= 0.6 is 27.3 Å². The molecule has 1 fully saturated rings. The van der Waals surface area contributed by atoms with Gasteiger partial charge in [0, 0.05) is 40.8 Å². The largest absolute Gasteiger partial charge is 0.349 e. The number of para-hydroxylation sites is 1. The molecule has 1 aliphatic rings. The molecule has 0 bridgehead atoms. The maximum atomic E-state index is 12.6. The number of halogens is 1. The van der Waals surface area contributed by atoms with Crippen molar-refractivity contribution in [1.29, 1.82) is 0 Å². The lowest BCUT2D eigenvalue weighted by Crippen LogP contribution is -2.32. The van der Waals surface area contributed by atoms with E-state index in [4.69, 9.17) is 0 Å². The third-order valence-electron chi connectivity index (χ3n) is 4.58. The van der Waals surface area contributed by atoms with E-state index in [1.807, 2.05) is 41.8 Å². The Kier molecular flexibility index (Phi) is 5.50. The van der Waals surface area contributed by atoms with Gasteiger partial charge in [-0.2, -0.15) is 0 Å². The quantitative estimate of drug-likeness (QED) is 0.635. The van der Waals surface area contributed by atoms with Crippen LogP contribution in [-0.2, 0) is 16.1 Å². The van der Waals surface area contributed by atoms with Gasteiger partial charge in [0.15, 0.2) is 0 Å². The summed E-state index contributed by atoms with van der Waals surface area (Å²) in [6, 6.07) is 11.3. The van der Waals surface area contributed by atoms with Gasteiger partial charge in [-0.1, -0.05) is 12.1 Å². The van der Waals surface area contributed by atoms with Crippen LogP contribution in [0.3, 0.4) is 0 Å². The van der Waals surface area contributed by atoms with Crippen LogP contribution in [0.25, 0.3) is 11.3 Å². The minimum Gasteiger partial charge on any atom is -0.349 e. The molecular weight excluding hydrogens is 440 g/mol. The lowest BCUT2D eigenvalue weighted by Gasteiger charge is -2.18. The molecule has 3 heterocycles. The number of hydrogen-bond donors (Lipinski definition) is 1. The summed E-state index contributed by atoms with van der Waals surface area (Å²) in [4.78, 5) is 35.2. The third-order valence-corrected chi connectivity index (χ3v) is 6.10. The van der Waals surface area contributed by atoms with Crippen molar-refractivity contribution in [1.82, 2.24) is 15.3 Å². The van der Waals surface area contributed by atoms with Crippen LogP contribution in [0.4, 0.5) is 5.69 Å². The molecular formula is C20H17BrN4O2S. The number of nitrogens with zero attached hydrogens (tertiary/aromatic N) is 3. The van der Waals surface area contributed by atoms with E-state index in [9.17, 15) is 9.59 Å². The summed E-state index contributed by atoms with van der Waals surface area (Å²) >= 11 is 4.97. The number of carbonyl (C=O) groups is 2. The van der Waals surface area contributed by atoms with E-state index in [0.29, 0.717) is 13.1 Å². The van der Waals surface area contributed by atoms with Crippen LogP contribution in [0.15, 0.2) is 58.6 Å². The molecule has 2 aromatic heterocycles. The maximum Gasteiger partial charge on any atom is 0.227 e. The molecule has 1 unspecified atom stereocenters. The molecule has 142 valence electrons. The molecule has 4 rings (SSSR count). The average molecular weight is 457 g/mol. The molecule has 0 radical (unpaired) electrons. The van der Waals surface area contributed by atoms with Gasteiger partial charge in [-0.05, 0) is 40.2 Å². The van der Waals surface area contributed by atoms with Crippen LogP contribution in [-0.4, -0.2) is 28.3 Å². The Labute approximate surface area is 174 Å². The summed E-state index contributed by atoms with van der Waals surface area (Å²) in [5.74, 6) is -0.524. The molecule has 28 heavy (non-hydrogen) atoms. The Morgan fingerprint density at radius 1 is 1.25 bits per heavy atom. The van der Waals surface area contributed by atoms with Gasteiger partial charge in [0.2, 0.25) is 11.8 Å². The summed E-state index contributed by atoms with van der Waals surface area (Å²) in [6.07, 6.45) is 3.67. The number of pyridine rings is 1. The molecule has 1 aliphatic heterocycles. The van der Waals surface area contributed by atoms with Gasteiger partial charge in [0.05, 0.1) is 23.8 Å². The number of benzene rings is 1. The molecule has 1 saturated heterocycles. The number of rotatable bonds is 5. The summed E-state index contributed by atoms with van der Waals surface area (Å²) in [5, 5.41) is 5.71. The third kappa shape index (κ3) is 3.98. The fourth-order valence-electron chi connectivity index (χ4n) is 3.14. The molecule has 6 nitrogen and oxygen atoms in total. The number of amides is 2. The Morgan fingerprint density at radius 2 is 2.04 bits per heavy atom. The summed E-state index contributed by atoms with van der Waals surface area (Å²) in [7, 11) is 0. The fourth-order valence-corrected chi connectivity index (χ4v) is 4.38. The van der Waals surface area contributed by atoms with E-state index in [1.54, 1.807) is 17.3 Å². The van der Waals surface area contributed by atoms with Crippen molar-refractivity contribution in [2.45, 2.75) is 13.0 Å². The zero-order valence-electron chi connectivity index (χ0n) is 14.8. The molecule has 1 aromatic carbocycles. The number of carbonyl (C=O) groups excluding carboxylic acids is 2. The van der Waals surface area contributed by atoms with Crippen molar-refractivity contribution in [2.24, 2.45) is 5.92 Å². The number of anilines is 1. The van der Waals surface area contributed by atoms with E-state index < -0.39 is 0 Å². The SMILES string of the molecule is O=C(NCc1nc(-c2ccncc2)cs1)C1CC(=O)N(c2ccccc2Br)C1. The van der Waals surface area contributed by atoms with Crippen LogP contribution in [0.5, 0.6) is 0 Å². The van der Waals surface area contributed by atoms with Gasteiger partial charge in [-0.25, -0.2) is 4.98 Å². The Balaban J connectivity index is 1.37. The van der Waals surface area contributed by atoms with E-state index in [2.05, 4.69) is 31.2 Å². The number of hydrogen-bond acceptors (Lipinski definition) is 5. The van der Waals surface area contributed by atoms with E-state index in [0.717, 1.165) is 26.4 Å². The molecule has 1 atom stereocenters. The first-order valence-corrected chi connectivity index (χ1v) is 10.5. The van der Waals surface area contributed by atoms with Gasteiger partial charge in [0.1, 0.15) is 5.01 Å². The highest BCUT2D eigenvalue weighted by atomic mass is 79.9. The second-order valence-electron chi connectivity index (χ2n) is 6.44.